The summed E-state index contributed by atoms with van der Waals surface area (Å²) in [5, 5.41) is 4.67. The zero-order chi connectivity index (χ0) is 20.3. The van der Waals surface area contributed by atoms with Crippen molar-refractivity contribution in [2.75, 3.05) is 12.3 Å². The molecule has 3 rings (SSSR count). The average Bonchev–Trinajstić information content (AvgIpc) is 3.18. The van der Waals surface area contributed by atoms with Gasteiger partial charge in [0.05, 0.1) is 11.8 Å². The predicted molar refractivity (Wildman–Crippen MR) is 112 cm³/mol. The second-order valence-corrected chi connectivity index (χ2v) is 7.31. The summed E-state index contributed by atoms with van der Waals surface area (Å²) < 4.78 is 7.26. The first-order valence-corrected chi connectivity index (χ1v) is 9.51. The lowest BCUT2D eigenvalue weighted by Crippen LogP contribution is -2.08. The van der Waals surface area contributed by atoms with E-state index in [0.29, 0.717) is 11.5 Å². The molecule has 2 unspecified atom stereocenters. The summed E-state index contributed by atoms with van der Waals surface area (Å²) in [6, 6.07) is 11.6. The van der Waals surface area contributed by atoms with E-state index in [9.17, 15) is 4.79 Å². The smallest absolute Gasteiger partial charge is 0.155 e. The number of ketones is 1. The van der Waals surface area contributed by atoms with Gasteiger partial charge in [-0.05, 0) is 49.2 Å². The fourth-order valence-electron chi connectivity index (χ4n) is 2.81. The van der Waals surface area contributed by atoms with Gasteiger partial charge in [0.2, 0.25) is 0 Å². The number of Topliss-reactive ketones (excluding diaryl/α,β-unsaturated/α-hetero) is 1. The number of nitrogen functional groups attached to an aromatic ring is 1. The van der Waals surface area contributed by atoms with Crippen molar-refractivity contribution in [1.29, 1.82) is 0 Å². The Labute approximate surface area is 170 Å². The number of anilines is 1. The van der Waals surface area contributed by atoms with Gasteiger partial charge in [0.15, 0.2) is 11.6 Å². The summed E-state index contributed by atoms with van der Waals surface area (Å²) in [5.74, 6) is 0.820. The fourth-order valence-corrected chi connectivity index (χ4v) is 3.03. The number of pyridine rings is 1. The second-order valence-electron chi connectivity index (χ2n) is 6.83. The van der Waals surface area contributed by atoms with Gasteiger partial charge in [-0.15, -0.1) is 12.6 Å². The standard InChI is InChI=1S/C21H24N4O2S/c1-13(26)12-27-15(3)17-5-7-21(23-11-17)25-9-8-19(24-25)14(2)16-4-6-18(22)20(28)10-16/h4-11,14-15,28H,12,22H2,1-3H3. The van der Waals surface area contributed by atoms with Gasteiger partial charge in [-0.25, -0.2) is 9.67 Å². The number of benzene rings is 1. The van der Waals surface area contributed by atoms with E-state index in [2.05, 4.69) is 29.6 Å². The molecule has 6 nitrogen and oxygen atoms in total. The lowest BCUT2D eigenvalue weighted by Gasteiger charge is -2.12. The molecule has 0 saturated carbocycles. The first kappa shape index (κ1) is 20.1. The van der Waals surface area contributed by atoms with E-state index in [1.165, 1.54) is 6.92 Å². The first-order valence-electron chi connectivity index (χ1n) is 9.06. The van der Waals surface area contributed by atoms with E-state index in [4.69, 9.17) is 10.5 Å². The maximum atomic E-state index is 11.1. The molecule has 0 aliphatic rings. The normalized spacial score (nSPS) is 13.3. The molecule has 0 bridgehead atoms. The van der Waals surface area contributed by atoms with Gasteiger partial charge < -0.3 is 10.5 Å². The number of carbonyl (C=O) groups is 1. The first-order chi connectivity index (χ1) is 13.3. The number of carbonyl (C=O) groups excluding carboxylic acids is 1. The van der Waals surface area contributed by atoms with Crippen LogP contribution in [-0.4, -0.2) is 27.2 Å². The number of hydrogen-bond donors (Lipinski definition) is 2. The minimum Gasteiger partial charge on any atom is -0.398 e. The van der Waals surface area contributed by atoms with Crippen LogP contribution in [0.1, 0.15) is 49.6 Å². The highest BCUT2D eigenvalue weighted by atomic mass is 32.1. The monoisotopic (exact) mass is 396 g/mol. The van der Waals surface area contributed by atoms with Crippen LogP contribution in [0.15, 0.2) is 53.7 Å². The number of hydrogen-bond acceptors (Lipinski definition) is 6. The Hall–Kier alpha value is -2.64. The highest BCUT2D eigenvalue weighted by molar-refractivity contribution is 7.80. The van der Waals surface area contributed by atoms with Crippen LogP contribution in [0.5, 0.6) is 0 Å². The molecule has 0 aliphatic carbocycles. The molecule has 1 aromatic carbocycles. The molecule has 146 valence electrons. The summed E-state index contributed by atoms with van der Waals surface area (Å²) in [7, 11) is 0. The molecule has 0 aliphatic heterocycles. The fraction of sp³-hybridized carbons (Fsp3) is 0.286. The maximum Gasteiger partial charge on any atom is 0.155 e. The molecule has 2 aromatic heterocycles. The predicted octanol–water partition coefficient (Wildman–Crippen LogP) is 3.96. The molecule has 3 aromatic rings. The Morgan fingerprint density at radius 2 is 1.96 bits per heavy atom. The Bertz CT molecular complexity index is 969. The molecule has 2 N–H and O–H groups in total. The average molecular weight is 397 g/mol. The summed E-state index contributed by atoms with van der Waals surface area (Å²) in [5.41, 5.74) is 9.45. The van der Waals surface area contributed by atoms with Crippen LogP contribution < -0.4 is 5.73 Å². The lowest BCUT2D eigenvalue weighted by atomic mass is 9.98. The molecule has 0 spiro atoms. The number of aromatic nitrogens is 3. The minimum atomic E-state index is -0.195. The quantitative estimate of drug-likeness (QED) is 0.467. The molecule has 2 heterocycles. The van der Waals surface area contributed by atoms with Gasteiger partial charge in [0, 0.05) is 28.9 Å². The summed E-state index contributed by atoms with van der Waals surface area (Å²) in [6.07, 6.45) is 3.44. The van der Waals surface area contributed by atoms with E-state index in [-0.39, 0.29) is 24.4 Å². The van der Waals surface area contributed by atoms with Crippen molar-refractivity contribution in [3.63, 3.8) is 0 Å². The summed E-state index contributed by atoms with van der Waals surface area (Å²) in [4.78, 5) is 16.3. The highest BCUT2D eigenvalue weighted by Crippen LogP contribution is 2.27. The van der Waals surface area contributed by atoms with Crippen LogP contribution in [0.25, 0.3) is 5.82 Å². The Morgan fingerprint density at radius 1 is 1.21 bits per heavy atom. The number of thiol groups is 1. The Morgan fingerprint density at radius 3 is 2.61 bits per heavy atom. The van der Waals surface area contributed by atoms with Gasteiger partial charge in [-0.3, -0.25) is 4.79 Å². The van der Waals surface area contributed by atoms with Gasteiger partial charge in [0.1, 0.15) is 6.61 Å². The van der Waals surface area contributed by atoms with Crippen molar-refractivity contribution in [2.45, 2.75) is 37.7 Å². The number of nitrogens with two attached hydrogens (primary N) is 1. The zero-order valence-electron chi connectivity index (χ0n) is 16.2. The highest BCUT2D eigenvalue weighted by Gasteiger charge is 2.14. The van der Waals surface area contributed by atoms with Crippen molar-refractivity contribution in [1.82, 2.24) is 14.8 Å². The third kappa shape index (κ3) is 4.61. The van der Waals surface area contributed by atoms with Crippen LogP contribution in [0.4, 0.5) is 5.69 Å². The number of nitrogens with zero attached hydrogens (tertiary/aromatic N) is 3. The Kier molecular flexibility index (Phi) is 6.16. The van der Waals surface area contributed by atoms with Crippen LogP contribution in [-0.2, 0) is 9.53 Å². The van der Waals surface area contributed by atoms with E-state index in [1.54, 1.807) is 10.9 Å². The van der Waals surface area contributed by atoms with Crippen molar-refractivity contribution in [3.8, 4) is 5.82 Å². The van der Waals surface area contributed by atoms with E-state index < -0.39 is 0 Å². The van der Waals surface area contributed by atoms with Crippen LogP contribution in [0, 0.1) is 0 Å². The van der Waals surface area contributed by atoms with Gasteiger partial charge in [-0.2, -0.15) is 5.10 Å². The largest absolute Gasteiger partial charge is 0.398 e. The van der Waals surface area contributed by atoms with Crippen molar-refractivity contribution in [2.24, 2.45) is 0 Å². The van der Waals surface area contributed by atoms with E-state index in [1.807, 2.05) is 49.5 Å². The Balaban J connectivity index is 1.74. The van der Waals surface area contributed by atoms with Gasteiger partial charge in [0.25, 0.3) is 0 Å². The third-order valence-corrected chi connectivity index (χ3v) is 5.01. The lowest BCUT2D eigenvalue weighted by molar-refractivity contribution is -0.123. The molecule has 28 heavy (non-hydrogen) atoms. The van der Waals surface area contributed by atoms with Crippen molar-refractivity contribution < 1.29 is 9.53 Å². The molecule has 0 saturated heterocycles. The van der Waals surface area contributed by atoms with Crippen molar-refractivity contribution in [3.05, 3.63) is 65.6 Å². The second kappa shape index (κ2) is 8.58. The molecular formula is C21H24N4O2S. The number of ether oxygens (including phenoxy) is 1. The van der Waals surface area contributed by atoms with E-state index in [0.717, 1.165) is 21.7 Å². The summed E-state index contributed by atoms with van der Waals surface area (Å²) in [6.45, 7) is 5.60. The molecule has 0 fully saturated rings. The molecular weight excluding hydrogens is 372 g/mol. The third-order valence-electron chi connectivity index (χ3n) is 4.62. The zero-order valence-corrected chi connectivity index (χ0v) is 17.1. The van der Waals surface area contributed by atoms with Gasteiger partial charge in [-0.1, -0.05) is 19.1 Å². The SMILES string of the molecule is CC(=O)COC(C)c1ccc(-n2ccc(C(C)c3ccc(N)c(S)c3)n2)nc1. The van der Waals surface area contributed by atoms with Crippen LogP contribution in [0.2, 0.25) is 0 Å². The minimum absolute atomic E-state index is 0.000704. The number of rotatable bonds is 7. The van der Waals surface area contributed by atoms with Crippen LogP contribution in [0.3, 0.4) is 0 Å². The summed E-state index contributed by atoms with van der Waals surface area (Å²) >= 11 is 4.40. The molecule has 0 radical (unpaired) electrons. The van der Waals surface area contributed by atoms with Crippen LogP contribution >= 0.6 is 12.6 Å². The maximum absolute atomic E-state index is 11.1. The van der Waals surface area contributed by atoms with Gasteiger partial charge >= 0.3 is 0 Å². The molecule has 0 amide bonds. The molecule has 7 heteroatoms. The van der Waals surface area contributed by atoms with Crippen molar-refractivity contribution >= 4 is 24.1 Å². The topological polar surface area (TPSA) is 83.0 Å². The molecule has 2 atom stereocenters. The van der Waals surface area contributed by atoms with E-state index >= 15 is 0 Å².